The summed E-state index contributed by atoms with van der Waals surface area (Å²) in [6.07, 6.45) is 5.86. The second-order valence-corrected chi connectivity index (χ2v) is 1.36. The first kappa shape index (κ1) is 6.71. The SMILES string of the molecule is C/C=C/C=[CH]/[Lu]. The van der Waals surface area contributed by atoms with E-state index in [1.54, 1.807) is 0 Å². The van der Waals surface area contributed by atoms with E-state index < -0.39 is 0 Å². The van der Waals surface area contributed by atoms with E-state index in [1.165, 1.54) is 0 Å². The van der Waals surface area contributed by atoms with E-state index in [0.717, 1.165) is 0 Å². The molecule has 0 rings (SSSR count). The van der Waals surface area contributed by atoms with E-state index in [2.05, 4.69) is 35.0 Å². The standard InChI is InChI=1S/C5H7.Lu/c1-3-5-4-2;/h1,3-5H,2H3;/b3-1?,5-4+;. The van der Waals surface area contributed by atoms with Gasteiger partial charge in [-0.05, 0) is 0 Å². The van der Waals surface area contributed by atoms with Gasteiger partial charge in [0.05, 0.1) is 0 Å². The topological polar surface area (TPSA) is 0 Å². The van der Waals surface area contributed by atoms with Crippen LogP contribution in [0.2, 0.25) is 0 Å². The average molecular weight is 242 g/mol. The fourth-order valence-corrected chi connectivity index (χ4v) is 0.324. The Kier molecular flexibility index (Phi) is 6.39. The van der Waals surface area contributed by atoms with Crippen LogP contribution in [0.15, 0.2) is 20.5 Å². The summed E-state index contributed by atoms with van der Waals surface area (Å²) < 4.78 is 1.83. The molecule has 0 aliphatic carbocycles. The molecule has 0 aliphatic rings. The first-order valence-corrected chi connectivity index (χ1v) is 2.68. The van der Waals surface area contributed by atoms with Gasteiger partial charge in [-0.15, -0.1) is 0 Å². The van der Waals surface area contributed by atoms with Gasteiger partial charge in [0.1, 0.15) is 0 Å². The van der Waals surface area contributed by atoms with Gasteiger partial charge in [0.15, 0.2) is 0 Å². The van der Waals surface area contributed by atoms with E-state index in [1.807, 2.05) is 27.4 Å². The molecule has 0 fully saturated rings. The summed E-state index contributed by atoms with van der Waals surface area (Å²) in [5, 5.41) is 0. The summed E-state index contributed by atoms with van der Waals surface area (Å²) in [5.41, 5.74) is 0. The van der Waals surface area contributed by atoms with Crippen LogP contribution >= 0.6 is 0 Å². The van der Waals surface area contributed by atoms with Crippen molar-refractivity contribution >= 4 is 0 Å². The molecule has 0 aromatic heterocycles. The van der Waals surface area contributed by atoms with Gasteiger partial charge in [-0.2, -0.15) is 0 Å². The molecule has 0 bridgehead atoms. The maximum atomic E-state index is 2.99. The second kappa shape index (κ2) is 5.71. The molecule has 0 heterocycles. The summed E-state index contributed by atoms with van der Waals surface area (Å²) in [4.78, 5) is 0. The predicted octanol–water partition coefficient (Wildman–Crippen LogP) is 1.63. The molecule has 42 valence electrons. The van der Waals surface area contributed by atoms with Crippen molar-refractivity contribution in [1.82, 2.24) is 0 Å². The summed E-state index contributed by atoms with van der Waals surface area (Å²) in [7, 11) is 0. The molecule has 0 saturated carbocycles. The third kappa shape index (κ3) is 4.71. The summed E-state index contributed by atoms with van der Waals surface area (Å²) >= 11 is 2.99. The van der Waals surface area contributed by atoms with Gasteiger partial charge in [-0.3, -0.25) is 0 Å². The Hall–Kier alpha value is 0.714. The van der Waals surface area contributed by atoms with Crippen molar-refractivity contribution in [1.29, 1.82) is 0 Å². The van der Waals surface area contributed by atoms with Crippen LogP contribution in [-0.2, 0) is 0 Å². The molecule has 0 aliphatic heterocycles. The Labute approximate surface area is 61.9 Å². The van der Waals surface area contributed by atoms with E-state index in [9.17, 15) is 0 Å². The van der Waals surface area contributed by atoms with Crippen molar-refractivity contribution in [3.05, 3.63) is 20.5 Å². The Morgan fingerprint density at radius 1 is 1.33 bits per heavy atom. The first-order valence-electron chi connectivity index (χ1n) is 1.73. The van der Waals surface area contributed by atoms with Gasteiger partial charge in [0.2, 0.25) is 0 Å². The fraction of sp³-hybridized carbons (Fsp3) is 0.200. The van der Waals surface area contributed by atoms with Crippen molar-refractivity contribution in [2.45, 2.75) is 6.92 Å². The van der Waals surface area contributed by atoms with Gasteiger partial charge in [-0.1, -0.05) is 0 Å². The molecule has 0 N–H and O–H groups in total. The summed E-state index contributed by atoms with van der Waals surface area (Å²) in [6, 6.07) is 0. The van der Waals surface area contributed by atoms with Crippen molar-refractivity contribution in [2.75, 3.05) is 0 Å². The van der Waals surface area contributed by atoms with Crippen LogP contribution in [0.5, 0.6) is 0 Å². The molecule has 0 radical (unpaired) electrons. The van der Waals surface area contributed by atoms with Gasteiger partial charge in [-0.25, -0.2) is 0 Å². The molecule has 0 aromatic carbocycles. The molecular formula is C5H7Lu. The quantitative estimate of drug-likeness (QED) is 0.613. The van der Waals surface area contributed by atoms with E-state index in [0.29, 0.717) is 0 Å². The Morgan fingerprint density at radius 2 is 2.00 bits per heavy atom. The van der Waals surface area contributed by atoms with Crippen LogP contribution in [-0.4, -0.2) is 0 Å². The number of rotatable bonds is 1. The van der Waals surface area contributed by atoms with E-state index in [-0.39, 0.29) is 0 Å². The third-order valence-corrected chi connectivity index (χ3v) is 0.672. The van der Waals surface area contributed by atoms with Gasteiger partial charge in [0, 0.05) is 0 Å². The third-order valence-electron chi connectivity index (χ3n) is 0.353. The fourth-order valence-electron chi connectivity index (χ4n) is 0.140. The van der Waals surface area contributed by atoms with Gasteiger partial charge < -0.3 is 0 Å². The molecule has 0 aromatic rings. The monoisotopic (exact) mass is 242 g/mol. The van der Waals surface area contributed by atoms with Crippen molar-refractivity contribution in [3.8, 4) is 0 Å². The Bertz CT molecular complexity index is 52.3. The Morgan fingerprint density at radius 3 is 2.17 bits per heavy atom. The Balaban J connectivity index is 3.07. The van der Waals surface area contributed by atoms with Crippen LogP contribution in [0, 0.1) is 35.0 Å². The van der Waals surface area contributed by atoms with Crippen LogP contribution in [0.3, 0.4) is 0 Å². The van der Waals surface area contributed by atoms with Gasteiger partial charge >= 0.3 is 62.4 Å². The number of allylic oxidation sites excluding steroid dienone is 3. The van der Waals surface area contributed by atoms with Crippen LogP contribution in [0.4, 0.5) is 0 Å². The predicted molar refractivity (Wildman–Crippen MR) is 24.0 cm³/mol. The molecule has 0 unspecified atom stereocenters. The summed E-state index contributed by atoms with van der Waals surface area (Å²) in [5.74, 6) is 0. The van der Waals surface area contributed by atoms with E-state index >= 15 is 0 Å². The minimum atomic E-state index is 1.83. The average Bonchev–Trinajstić information content (AvgIpc) is 1.61. The second-order valence-electron chi connectivity index (χ2n) is 0.804. The zero-order valence-electron chi connectivity index (χ0n) is 3.57. The van der Waals surface area contributed by atoms with Crippen LogP contribution in [0.1, 0.15) is 6.92 Å². The first-order chi connectivity index (χ1) is 2.91. The van der Waals surface area contributed by atoms with Crippen molar-refractivity contribution in [3.63, 3.8) is 0 Å². The molecule has 0 saturated heterocycles. The van der Waals surface area contributed by atoms with Crippen LogP contribution in [0.25, 0.3) is 0 Å². The molecule has 0 spiro atoms. The molecular weight excluding hydrogens is 235 g/mol. The van der Waals surface area contributed by atoms with Crippen LogP contribution < -0.4 is 0 Å². The minimum absolute atomic E-state index is 1.83. The van der Waals surface area contributed by atoms with Crippen molar-refractivity contribution < 1.29 is 35.0 Å². The maximum absolute atomic E-state index is 2.99. The van der Waals surface area contributed by atoms with Gasteiger partial charge in [0.25, 0.3) is 0 Å². The normalized spacial score (nSPS) is 11.8. The zero-order valence-corrected chi connectivity index (χ0v) is 5.22. The molecule has 0 nitrogen and oxygen atoms in total. The molecule has 0 atom stereocenters. The van der Waals surface area contributed by atoms with Crippen molar-refractivity contribution in [2.24, 2.45) is 0 Å². The number of hydrogen-bond donors (Lipinski definition) is 0. The summed E-state index contributed by atoms with van der Waals surface area (Å²) in [6.45, 7) is 1.98. The number of hydrogen-bond acceptors (Lipinski definition) is 0. The molecule has 0 amide bonds. The van der Waals surface area contributed by atoms with E-state index in [4.69, 9.17) is 0 Å². The zero-order chi connectivity index (χ0) is 4.83. The molecule has 1 heteroatoms. The molecule has 6 heavy (non-hydrogen) atoms.